The normalized spacial score (nSPS) is 10.6. The Labute approximate surface area is 121 Å². The van der Waals surface area contributed by atoms with Crippen LogP contribution in [0.5, 0.6) is 0 Å². The Morgan fingerprint density at radius 2 is 2.15 bits per heavy atom. The first kappa shape index (κ1) is 14.5. The van der Waals surface area contributed by atoms with Crippen molar-refractivity contribution in [2.24, 2.45) is 0 Å². The standard InChI is InChI=1S/C14H16N2O3S/c1-8-7-15-14(20-8)16-13(18)5-4-11-6-12(9(2)17)10(3)19-11/h6-7H,4-5H2,1-3H3,(H,15,16,18). The number of aryl methyl sites for hydroxylation is 3. The van der Waals surface area contributed by atoms with Crippen molar-refractivity contribution < 1.29 is 14.0 Å². The molecule has 5 nitrogen and oxygen atoms in total. The molecule has 2 aromatic rings. The number of hydrogen-bond acceptors (Lipinski definition) is 5. The number of ketones is 1. The molecule has 0 aliphatic heterocycles. The number of hydrogen-bond donors (Lipinski definition) is 1. The minimum Gasteiger partial charge on any atom is -0.466 e. The van der Waals surface area contributed by atoms with E-state index in [1.54, 1.807) is 19.2 Å². The van der Waals surface area contributed by atoms with Crippen LogP contribution in [0, 0.1) is 13.8 Å². The first-order valence-corrected chi connectivity index (χ1v) is 7.10. The zero-order valence-electron chi connectivity index (χ0n) is 11.6. The summed E-state index contributed by atoms with van der Waals surface area (Å²) in [6, 6.07) is 1.71. The fourth-order valence-electron chi connectivity index (χ4n) is 1.85. The first-order chi connectivity index (χ1) is 9.45. The predicted molar refractivity (Wildman–Crippen MR) is 77.3 cm³/mol. The van der Waals surface area contributed by atoms with E-state index in [2.05, 4.69) is 10.3 Å². The Kier molecular flexibility index (Phi) is 4.34. The number of carbonyl (C=O) groups excluding carboxylic acids is 2. The van der Waals surface area contributed by atoms with Gasteiger partial charge in [-0.05, 0) is 26.8 Å². The van der Waals surface area contributed by atoms with E-state index in [1.807, 2.05) is 6.92 Å². The van der Waals surface area contributed by atoms with E-state index in [0.717, 1.165) is 4.88 Å². The van der Waals surface area contributed by atoms with Gasteiger partial charge in [0.25, 0.3) is 0 Å². The van der Waals surface area contributed by atoms with Gasteiger partial charge in [-0.1, -0.05) is 0 Å². The van der Waals surface area contributed by atoms with Gasteiger partial charge < -0.3 is 9.73 Å². The molecule has 0 saturated heterocycles. The number of aromatic nitrogens is 1. The molecule has 0 bridgehead atoms. The lowest BCUT2D eigenvalue weighted by Crippen LogP contribution is -2.11. The van der Waals surface area contributed by atoms with Crippen LogP contribution in [-0.4, -0.2) is 16.7 Å². The SMILES string of the molecule is CC(=O)c1cc(CCC(=O)Nc2ncc(C)s2)oc1C. The van der Waals surface area contributed by atoms with Gasteiger partial charge in [0.2, 0.25) is 5.91 Å². The number of nitrogens with one attached hydrogen (secondary N) is 1. The molecule has 0 aliphatic carbocycles. The van der Waals surface area contributed by atoms with Crippen molar-refractivity contribution >= 4 is 28.2 Å². The van der Waals surface area contributed by atoms with Gasteiger partial charge in [-0.2, -0.15) is 0 Å². The molecule has 0 radical (unpaired) electrons. The van der Waals surface area contributed by atoms with Crippen LogP contribution in [0.4, 0.5) is 5.13 Å². The lowest BCUT2D eigenvalue weighted by atomic mass is 10.1. The van der Waals surface area contributed by atoms with Gasteiger partial charge in [-0.3, -0.25) is 9.59 Å². The van der Waals surface area contributed by atoms with Crippen LogP contribution in [-0.2, 0) is 11.2 Å². The molecule has 0 spiro atoms. The van der Waals surface area contributed by atoms with Crippen LogP contribution in [0.3, 0.4) is 0 Å². The molecule has 1 amide bonds. The molecule has 6 heteroatoms. The maximum atomic E-state index is 11.8. The summed E-state index contributed by atoms with van der Waals surface area (Å²) in [5.74, 6) is 1.11. The Hall–Kier alpha value is -1.95. The second-order valence-corrected chi connectivity index (χ2v) is 5.80. The summed E-state index contributed by atoms with van der Waals surface area (Å²) in [6.07, 6.45) is 2.47. The van der Waals surface area contributed by atoms with Crippen molar-refractivity contribution in [3.8, 4) is 0 Å². The van der Waals surface area contributed by atoms with E-state index in [9.17, 15) is 9.59 Å². The van der Waals surface area contributed by atoms with Crippen molar-refractivity contribution in [2.45, 2.75) is 33.6 Å². The maximum absolute atomic E-state index is 11.8. The Morgan fingerprint density at radius 3 is 2.70 bits per heavy atom. The highest BCUT2D eigenvalue weighted by molar-refractivity contribution is 7.15. The molecule has 0 fully saturated rings. The fraction of sp³-hybridized carbons (Fsp3) is 0.357. The average molecular weight is 292 g/mol. The smallest absolute Gasteiger partial charge is 0.226 e. The van der Waals surface area contributed by atoms with Crippen molar-refractivity contribution in [2.75, 3.05) is 5.32 Å². The molecular weight excluding hydrogens is 276 g/mol. The van der Waals surface area contributed by atoms with E-state index in [-0.39, 0.29) is 11.7 Å². The number of Topliss-reactive ketones (excluding diaryl/α,β-unsaturated/α-hetero) is 1. The van der Waals surface area contributed by atoms with E-state index in [0.29, 0.717) is 35.1 Å². The molecule has 20 heavy (non-hydrogen) atoms. The summed E-state index contributed by atoms with van der Waals surface area (Å²) in [5, 5.41) is 3.34. The monoisotopic (exact) mass is 292 g/mol. The molecule has 2 rings (SSSR count). The second kappa shape index (κ2) is 6.00. The van der Waals surface area contributed by atoms with Crippen LogP contribution >= 0.6 is 11.3 Å². The molecule has 106 valence electrons. The molecule has 0 aromatic carbocycles. The third-order valence-electron chi connectivity index (χ3n) is 2.81. The number of thiazole rings is 1. The van der Waals surface area contributed by atoms with Crippen LogP contribution in [0.15, 0.2) is 16.7 Å². The third-order valence-corrected chi connectivity index (χ3v) is 3.64. The van der Waals surface area contributed by atoms with Crippen LogP contribution < -0.4 is 5.32 Å². The highest BCUT2D eigenvalue weighted by atomic mass is 32.1. The number of carbonyl (C=O) groups is 2. The third kappa shape index (κ3) is 3.54. The molecular formula is C14H16N2O3S. The summed E-state index contributed by atoms with van der Waals surface area (Å²) in [4.78, 5) is 28.2. The topological polar surface area (TPSA) is 72.2 Å². The zero-order chi connectivity index (χ0) is 14.7. The quantitative estimate of drug-likeness (QED) is 0.859. The molecule has 1 N–H and O–H groups in total. The summed E-state index contributed by atoms with van der Waals surface area (Å²) in [5.41, 5.74) is 0.580. The van der Waals surface area contributed by atoms with E-state index in [1.165, 1.54) is 18.3 Å². The van der Waals surface area contributed by atoms with Crippen molar-refractivity contribution in [3.05, 3.63) is 34.2 Å². The fourth-order valence-corrected chi connectivity index (χ4v) is 2.53. The Bertz CT molecular complexity index is 643. The Morgan fingerprint density at radius 1 is 1.40 bits per heavy atom. The highest BCUT2D eigenvalue weighted by Gasteiger charge is 2.13. The second-order valence-electron chi connectivity index (χ2n) is 4.56. The van der Waals surface area contributed by atoms with E-state index in [4.69, 9.17) is 4.42 Å². The summed E-state index contributed by atoms with van der Waals surface area (Å²) < 4.78 is 5.47. The molecule has 0 aliphatic rings. The largest absolute Gasteiger partial charge is 0.466 e. The minimum absolute atomic E-state index is 0.0276. The molecule has 0 unspecified atom stereocenters. The van der Waals surface area contributed by atoms with Crippen LogP contribution in [0.25, 0.3) is 0 Å². The average Bonchev–Trinajstić information content (AvgIpc) is 2.93. The lowest BCUT2D eigenvalue weighted by molar-refractivity contribution is -0.116. The Balaban J connectivity index is 1.90. The number of amides is 1. The van der Waals surface area contributed by atoms with Gasteiger partial charge >= 0.3 is 0 Å². The molecule has 0 saturated carbocycles. The van der Waals surface area contributed by atoms with Crippen molar-refractivity contribution in [1.29, 1.82) is 0 Å². The predicted octanol–water partition coefficient (Wildman–Crippen LogP) is 3.13. The van der Waals surface area contributed by atoms with E-state index < -0.39 is 0 Å². The number of rotatable bonds is 5. The minimum atomic E-state index is -0.113. The lowest BCUT2D eigenvalue weighted by Gasteiger charge is -1.99. The number of anilines is 1. The van der Waals surface area contributed by atoms with Gasteiger partial charge in [0.15, 0.2) is 10.9 Å². The first-order valence-electron chi connectivity index (χ1n) is 6.28. The van der Waals surface area contributed by atoms with Crippen LogP contribution in [0.2, 0.25) is 0 Å². The molecule has 0 atom stereocenters. The van der Waals surface area contributed by atoms with Gasteiger partial charge in [-0.25, -0.2) is 4.98 Å². The number of furan rings is 1. The number of nitrogens with zero attached hydrogens (tertiary/aromatic N) is 1. The van der Waals surface area contributed by atoms with Crippen molar-refractivity contribution in [1.82, 2.24) is 4.98 Å². The van der Waals surface area contributed by atoms with Crippen LogP contribution in [0.1, 0.15) is 40.1 Å². The van der Waals surface area contributed by atoms with E-state index >= 15 is 0 Å². The molecule has 2 heterocycles. The van der Waals surface area contributed by atoms with Crippen molar-refractivity contribution in [3.63, 3.8) is 0 Å². The van der Waals surface area contributed by atoms with Gasteiger partial charge in [0.05, 0.1) is 5.56 Å². The maximum Gasteiger partial charge on any atom is 0.226 e. The highest BCUT2D eigenvalue weighted by Crippen LogP contribution is 2.18. The summed E-state index contributed by atoms with van der Waals surface area (Å²) >= 11 is 1.44. The van der Waals surface area contributed by atoms with Gasteiger partial charge in [-0.15, -0.1) is 11.3 Å². The summed E-state index contributed by atoms with van der Waals surface area (Å²) in [6.45, 7) is 5.18. The van der Waals surface area contributed by atoms with Gasteiger partial charge in [0.1, 0.15) is 11.5 Å². The zero-order valence-corrected chi connectivity index (χ0v) is 12.5. The molecule has 2 aromatic heterocycles. The summed E-state index contributed by atoms with van der Waals surface area (Å²) in [7, 11) is 0. The van der Waals surface area contributed by atoms with Gasteiger partial charge in [0, 0.05) is 23.9 Å².